The van der Waals surface area contributed by atoms with Gasteiger partial charge in [0.25, 0.3) is 0 Å². The summed E-state index contributed by atoms with van der Waals surface area (Å²) in [5.74, 6) is 1.40. The lowest BCUT2D eigenvalue weighted by Gasteiger charge is -2.16. The Kier molecular flexibility index (Phi) is 16.8. The normalized spacial score (nSPS) is 11.7. The van der Waals surface area contributed by atoms with Crippen molar-refractivity contribution in [3.05, 3.63) is 437 Å². The number of rotatable bonds is 11. The van der Waals surface area contributed by atoms with Gasteiger partial charge in [0.2, 0.25) is 0 Å². The molecule has 4 heterocycles. The first kappa shape index (κ1) is 69.5. The molecule has 6 nitrogen and oxygen atoms in total. The minimum Gasteiger partial charge on any atom is -0.309 e. The summed E-state index contributed by atoms with van der Waals surface area (Å²) in [5.41, 5.74) is 26.5. The second-order valence-electron chi connectivity index (χ2n) is 31.1. The van der Waals surface area contributed by atoms with Gasteiger partial charge in [0.15, 0.2) is 11.6 Å². The summed E-state index contributed by atoms with van der Waals surface area (Å²) < 4.78 is 4.86. The van der Waals surface area contributed by atoms with Gasteiger partial charge in [-0.25, -0.2) is 19.9 Å². The van der Waals surface area contributed by atoms with Crippen LogP contribution in [0.2, 0.25) is 0 Å². The molecule has 20 aromatic carbocycles. The molecular weight excluding hydrogens is 1450 g/mol. The minimum atomic E-state index is 0.700. The average Bonchev–Trinajstić information content (AvgIpc) is 1.53. The largest absolute Gasteiger partial charge is 0.309 e. The Morgan fingerprint density at radius 3 is 0.867 bits per heavy atom. The summed E-state index contributed by atoms with van der Waals surface area (Å²) in [6.07, 6.45) is 0. The van der Waals surface area contributed by atoms with E-state index in [0.29, 0.717) is 11.6 Å². The van der Waals surface area contributed by atoms with Crippen molar-refractivity contribution in [1.82, 2.24) is 29.1 Å². The molecule has 0 radical (unpaired) electrons. The molecule has 0 amide bonds. The number of hydrogen-bond acceptors (Lipinski definition) is 4. The molecule has 0 saturated heterocycles. The first-order valence-electron chi connectivity index (χ1n) is 41.0. The molecule has 0 bridgehead atoms. The van der Waals surface area contributed by atoms with Crippen molar-refractivity contribution < 1.29 is 0 Å². The number of fused-ring (bicyclic) bond motifs is 13. The average molecular weight is 1530 g/mol. The van der Waals surface area contributed by atoms with Gasteiger partial charge in [-0.3, -0.25) is 0 Å². The highest BCUT2D eigenvalue weighted by atomic mass is 15.0. The second-order valence-corrected chi connectivity index (χ2v) is 31.1. The molecule has 0 aliphatic carbocycles. The molecule has 120 heavy (non-hydrogen) atoms. The topological polar surface area (TPSA) is 61.4 Å². The third-order valence-electron chi connectivity index (χ3n) is 24.2. The van der Waals surface area contributed by atoms with E-state index in [2.05, 4.69) is 446 Å². The molecule has 0 N–H and O–H groups in total. The van der Waals surface area contributed by atoms with Crippen molar-refractivity contribution in [3.8, 4) is 112 Å². The maximum absolute atomic E-state index is 5.50. The van der Waals surface area contributed by atoms with Crippen molar-refractivity contribution in [2.45, 2.75) is 0 Å². The van der Waals surface area contributed by atoms with Crippen LogP contribution in [0.25, 0.3) is 232 Å². The van der Waals surface area contributed by atoms with Gasteiger partial charge in [0, 0.05) is 65.3 Å². The van der Waals surface area contributed by atoms with Crippen LogP contribution in [0.3, 0.4) is 0 Å². The van der Waals surface area contributed by atoms with Crippen molar-refractivity contribution in [1.29, 1.82) is 0 Å². The summed E-state index contributed by atoms with van der Waals surface area (Å²) in [6, 6.07) is 157. The highest BCUT2D eigenvalue weighted by molar-refractivity contribution is 6.17. The van der Waals surface area contributed by atoms with Crippen LogP contribution < -0.4 is 0 Å². The molecule has 0 unspecified atom stereocenters. The zero-order chi connectivity index (χ0) is 79.1. The summed E-state index contributed by atoms with van der Waals surface area (Å²) in [5, 5.41) is 18.8. The lowest BCUT2D eigenvalue weighted by atomic mass is 9.96. The smallest absolute Gasteiger partial charge is 0.161 e. The monoisotopic (exact) mass is 1520 g/mol. The molecule has 0 saturated carbocycles. The molecule has 0 aliphatic rings. The Hall–Kier alpha value is -16.0. The predicted molar refractivity (Wildman–Crippen MR) is 504 cm³/mol. The van der Waals surface area contributed by atoms with Gasteiger partial charge in [-0.15, -0.1) is 0 Å². The molecule has 558 valence electrons. The Bertz CT molecular complexity index is 8180. The zero-order valence-electron chi connectivity index (χ0n) is 65.3. The van der Waals surface area contributed by atoms with Gasteiger partial charge in [0.1, 0.15) is 0 Å². The van der Waals surface area contributed by atoms with E-state index in [-0.39, 0.29) is 0 Å². The van der Waals surface area contributed by atoms with E-state index in [4.69, 9.17) is 19.9 Å². The van der Waals surface area contributed by atoms with Gasteiger partial charge in [-0.2, -0.15) is 0 Å². The van der Waals surface area contributed by atoms with Crippen LogP contribution in [0, 0.1) is 0 Å². The SMILES string of the molecule is c1ccc(-c2ccc(-c3ccc4nc(-c5ccc(-n6c7ccccc7c7cc8ccccc8cc76)c6ccccc56)nc(-c5ccc(-c6ccccc6)cc5)c4c3)cc2)cc1.c1ccc(-c2ccc(-c3ccc4nc(-c5ccc(-n6c7ccccc7c7cc8ccccc8cc76)c6ccccc56)nc(-c5ccc6ccccc6c5)c4c3)cc2)cc1. The van der Waals surface area contributed by atoms with Crippen LogP contribution in [-0.2, 0) is 0 Å². The molecule has 24 rings (SSSR count). The fourth-order valence-corrected chi connectivity index (χ4v) is 18.2. The number of benzene rings is 20. The van der Waals surface area contributed by atoms with Gasteiger partial charge >= 0.3 is 0 Å². The lowest BCUT2D eigenvalue weighted by Crippen LogP contribution is -1.99. The molecule has 24 aromatic rings. The standard InChI is InChI=1S/C58H37N3.C56H35N3/c1-3-13-38(14-4-1)40-23-25-42(26-24-40)46-31-33-53-52(36-46)57(43-29-27-41(28-30-43)39-15-5-2-6-16-39)60-58(59-53)50-32-34-55(48-20-10-9-19-47(48)50)61-54-22-12-11-21-49(54)51-35-44-17-7-8-18-45(44)37-56(51)61;1-2-12-36(13-3-1)38-22-24-39(25-23-38)43-28-30-51-50(34-43)55(44-27-26-37-14-4-5-15-40(37)32-44)58-56(57-51)48-29-31-53(46-19-9-8-18-45(46)48)59-52-21-11-10-20-47(52)49-33-41-16-6-7-17-42(41)35-54(49)59/h1-37H;1-35H. The van der Waals surface area contributed by atoms with Crippen LogP contribution >= 0.6 is 0 Å². The van der Waals surface area contributed by atoms with E-state index < -0.39 is 0 Å². The minimum absolute atomic E-state index is 0.700. The van der Waals surface area contributed by atoms with Gasteiger partial charge < -0.3 is 9.13 Å². The van der Waals surface area contributed by atoms with Crippen molar-refractivity contribution in [2.24, 2.45) is 0 Å². The number of nitrogens with zero attached hydrogens (tertiary/aromatic N) is 6. The quantitative estimate of drug-likeness (QED) is 0.129. The zero-order valence-corrected chi connectivity index (χ0v) is 65.3. The van der Waals surface area contributed by atoms with E-state index in [1.54, 1.807) is 0 Å². The fourth-order valence-electron chi connectivity index (χ4n) is 18.2. The van der Waals surface area contributed by atoms with Crippen LogP contribution in [-0.4, -0.2) is 29.1 Å². The van der Waals surface area contributed by atoms with Crippen LogP contribution in [0.5, 0.6) is 0 Å². The molecular formula is C114H72N6. The Balaban J connectivity index is 0.000000140. The third-order valence-corrected chi connectivity index (χ3v) is 24.2. The lowest BCUT2D eigenvalue weighted by molar-refractivity contribution is 1.19. The second kappa shape index (κ2) is 29.1. The van der Waals surface area contributed by atoms with E-state index in [1.165, 1.54) is 109 Å². The molecule has 4 aromatic heterocycles. The first-order chi connectivity index (χ1) is 59.5. The highest BCUT2D eigenvalue weighted by Crippen LogP contribution is 2.45. The number of para-hydroxylation sites is 2. The fraction of sp³-hybridized carbons (Fsp3) is 0. The maximum Gasteiger partial charge on any atom is 0.161 e. The summed E-state index contributed by atoms with van der Waals surface area (Å²) >= 11 is 0. The Labute approximate surface area is 692 Å². The molecule has 0 atom stereocenters. The van der Waals surface area contributed by atoms with Crippen LogP contribution in [0.4, 0.5) is 0 Å². The first-order valence-corrected chi connectivity index (χ1v) is 41.0. The molecule has 0 spiro atoms. The Morgan fingerprint density at radius 2 is 0.450 bits per heavy atom. The van der Waals surface area contributed by atoms with Crippen molar-refractivity contribution >= 4 is 119 Å². The van der Waals surface area contributed by atoms with Crippen molar-refractivity contribution in [3.63, 3.8) is 0 Å². The summed E-state index contributed by atoms with van der Waals surface area (Å²) in [7, 11) is 0. The number of hydrogen-bond donors (Lipinski definition) is 0. The molecule has 0 fully saturated rings. The van der Waals surface area contributed by atoms with Crippen LogP contribution in [0.1, 0.15) is 0 Å². The molecule has 6 heteroatoms. The molecule has 0 aliphatic heterocycles. The summed E-state index contributed by atoms with van der Waals surface area (Å²) in [6.45, 7) is 0. The van der Waals surface area contributed by atoms with E-state index in [0.717, 1.165) is 111 Å². The number of aromatic nitrogens is 6. The van der Waals surface area contributed by atoms with E-state index in [9.17, 15) is 0 Å². The summed E-state index contributed by atoms with van der Waals surface area (Å²) in [4.78, 5) is 21.7. The van der Waals surface area contributed by atoms with Crippen LogP contribution in [0.15, 0.2) is 437 Å². The third kappa shape index (κ3) is 12.2. The highest BCUT2D eigenvalue weighted by Gasteiger charge is 2.24. The maximum atomic E-state index is 5.50. The van der Waals surface area contributed by atoms with Crippen molar-refractivity contribution in [2.75, 3.05) is 0 Å². The van der Waals surface area contributed by atoms with E-state index in [1.807, 2.05) is 0 Å². The van der Waals surface area contributed by atoms with Gasteiger partial charge in [0.05, 0.1) is 55.9 Å². The Morgan fingerprint density at radius 1 is 0.150 bits per heavy atom. The predicted octanol–water partition coefficient (Wildman–Crippen LogP) is 30.2. The van der Waals surface area contributed by atoms with Gasteiger partial charge in [-0.05, 0) is 190 Å². The van der Waals surface area contributed by atoms with Gasteiger partial charge in [-0.1, -0.05) is 346 Å². The van der Waals surface area contributed by atoms with E-state index >= 15 is 0 Å².